The van der Waals surface area contributed by atoms with Crippen molar-refractivity contribution in [3.8, 4) is 0 Å². The van der Waals surface area contributed by atoms with Crippen LogP contribution in [0.25, 0.3) is 0 Å². The fourth-order valence-electron chi connectivity index (χ4n) is 2.67. The first kappa shape index (κ1) is 19.0. The molecule has 0 bridgehead atoms. The van der Waals surface area contributed by atoms with Crippen LogP contribution < -0.4 is 5.32 Å². The molecule has 1 saturated carbocycles. The molecule has 0 spiro atoms. The van der Waals surface area contributed by atoms with E-state index >= 15 is 0 Å². The lowest BCUT2D eigenvalue weighted by molar-refractivity contribution is -0.138. The molecule has 126 valence electrons. The molecule has 0 aromatic heterocycles. The lowest BCUT2D eigenvalue weighted by Crippen LogP contribution is -2.40. The highest BCUT2D eigenvalue weighted by atomic mass is 32.2. The lowest BCUT2D eigenvalue weighted by Gasteiger charge is -2.29. The van der Waals surface area contributed by atoms with Crippen LogP contribution in [-0.4, -0.2) is 33.9 Å². The fraction of sp³-hybridized carbons (Fsp3) is 0.812. The second-order valence-corrected chi connectivity index (χ2v) is 8.22. The quantitative estimate of drug-likeness (QED) is 0.783. The normalized spacial score (nSPS) is 18.7. The van der Waals surface area contributed by atoms with Crippen molar-refractivity contribution < 1.29 is 19.5 Å². The Labute approximate surface area is 136 Å². The van der Waals surface area contributed by atoms with Crippen LogP contribution in [0.4, 0.5) is 0 Å². The summed E-state index contributed by atoms with van der Waals surface area (Å²) < 4.78 is 0. The number of aliphatic carboxylic acids is 1. The Bertz CT molecular complexity index is 424. The van der Waals surface area contributed by atoms with Gasteiger partial charge in [0.15, 0.2) is 5.12 Å². The molecule has 0 saturated heterocycles. The maximum absolute atomic E-state index is 12.4. The summed E-state index contributed by atoms with van der Waals surface area (Å²) in [6.07, 6.45) is 4.33. The first-order chi connectivity index (χ1) is 10.1. The van der Waals surface area contributed by atoms with E-state index in [2.05, 4.69) is 5.32 Å². The molecule has 2 N–H and O–H groups in total. The van der Waals surface area contributed by atoms with Gasteiger partial charge in [0.25, 0.3) is 0 Å². The third kappa shape index (κ3) is 5.63. The molecule has 0 aliphatic heterocycles. The van der Waals surface area contributed by atoms with E-state index in [1.165, 1.54) is 11.8 Å². The Morgan fingerprint density at radius 2 is 1.77 bits per heavy atom. The van der Waals surface area contributed by atoms with Gasteiger partial charge in [0.2, 0.25) is 5.91 Å². The Hall–Kier alpha value is -1.04. The molecule has 1 fully saturated rings. The molecule has 2 atom stereocenters. The summed E-state index contributed by atoms with van der Waals surface area (Å²) in [5.41, 5.74) is -0.446. The summed E-state index contributed by atoms with van der Waals surface area (Å²) in [6, 6.07) is 0. The number of nitrogens with one attached hydrogen (secondary N) is 1. The second kappa shape index (κ2) is 7.99. The maximum atomic E-state index is 12.4. The summed E-state index contributed by atoms with van der Waals surface area (Å²) in [6.45, 7) is 7.05. The topological polar surface area (TPSA) is 83.5 Å². The predicted molar refractivity (Wildman–Crippen MR) is 87.6 cm³/mol. The van der Waals surface area contributed by atoms with Crippen LogP contribution in [0, 0.1) is 17.3 Å². The molecule has 0 heterocycles. The minimum absolute atomic E-state index is 0.0805. The number of carboxylic acid groups (broad SMARTS) is 1. The molecule has 1 amide bonds. The van der Waals surface area contributed by atoms with E-state index in [0.717, 1.165) is 25.7 Å². The van der Waals surface area contributed by atoms with E-state index in [1.807, 2.05) is 20.8 Å². The molecule has 6 heteroatoms. The zero-order valence-corrected chi connectivity index (χ0v) is 14.7. The minimum Gasteiger partial charge on any atom is -0.480 e. The van der Waals surface area contributed by atoms with E-state index < -0.39 is 11.4 Å². The Kier molecular flexibility index (Phi) is 6.91. The van der Waals surface area contributed by atoms with Gasteiger partial charge in [-0.25, -0.2) is 0 Å². The van der Waals surface area contributed by atoms with E-state index in [9.17, 15) is 14.4 Å². The van der Waals surface area contributed by atoms with Crippen LogP contribution >= 0.6 is 11.8 Å². The lowest BCUT2D eigenvalue weighted by atomic mass is 9.93. The van der Waals surface area contributed by atoms with Crippen molar-refractivity contribution in [1.29, 1.82) is 0 Å². The van der Waals surface area contributed by atoms with Crippen LogP contribution in [0.5, 0.6) is 0 Å². The third-order valence-electron chi connectivity index (χ3n) is 4.04. The van der Waals surface area contributed by atoms with Gasteiger partial charge in [0.1, 0.15) is 6.54 Å². The highest BCUT2D eigenvalue weighted by Crippen LogP contribution is 2.40. The number of rotatable bonds is 6. The first-order valence-corrected chi connectivity index (χ1v) is 8.71. The van der Waals surface area contributed by atoms with Crippen LogP contribution in [0.15, 0.2) is 0 Å². The molecular formula is C16H27NO4S. The number of carbonyl (C=O) groups is 3. The molecule has 0 aromatic carbocycles. The van der Waals surface area contributed by atoms with Crippen molar-refractivity contribution >= 4 is 28.8 Å². The Morgan fingerprint density at radius 1 is 1.23 bits per heavy atom. The van der Waals surface area contributed by atoms with Crippen LogP contribution in [0.2, 0.25) is 0 Å². The highest BCUT2D eigenvalue weighted by Gasteiger charge is 2.37. The van der Waals surface area contributed by atoms with Gasteiger partial charge >= 0.3 is 5.97 Å². The van der Waals surface area contributed by atoms with Crippen molar-refractivity contribution in [1.82, 2.24) is 5.32 Å². The second-order valence-electron chi connectivity index (χ2n) is 7.06. The number of amides is 1. The smallest absolute Gasteiger partial charge is 0.322 e. The largest absolute Gasteiger partial charge is 0.480 e. The van der Waals surface area contributed by atoms with Crippen molar-refractivity contribution in [3.05, 3.63) is 0 Å². The average Bonchev–Trinajstić information content (AvgIpc) is 2.93. The van der Waals surface area contributed by atoms with E-state index in [0.29, 0.717) is 5.92 Å². The number of carboxylic acids is 1. The summed E-state index contributed by atoms with van der Waals surface area (Å²) in [4.78, 5) is 35.1. The van der Waals surface area contributed by atoms with E-state index in [1.54, 1.807) is 6.92 Å². The maximum Gasteiger partial charge on any atom is 0.322 e. The van der Waals surface area contributed by atoms with Gasteiger partial charge in [-0.1, -0.05) is 52.3 Å². The van der Waals surface area contributed by atoms with Gasteiger partial charge in [-0.15, -0.1) is 0 Å². The number of hydrogen-bond donors (Lipinski definition) is 2. The number of carbonyl (C=O) groups excluding carboxylic acids is 2. The van der Waals surface area contributed by atoms with Gasteiger partial charge in [-0.3, -0.25) is 14.4 Å². The van der Waals surface area contributed by atoms with E-state index in [-0.39, 0.29) is 28.7 Å². The zero-order valence-electron chi connectivity index (χ0n) is 13.8. The van der Waals surface area contributed by atoms with Gasteiger partial charge in [0, 0.05) is 16.6 Å². The van der Waals surface area contributed by atoms with Crippen LogP contribution in [0.1, 0.15) is 53.4 Å². The highest BCUT2D eigenvalue weighted by molar-refractivity contribution is 8.14. The summed E-state index contributed by atoms with van der Waals surface area (Å²) in [5, 5.41) is 11.1. The van der Waals surface area contributed by atoms with Gasteiger partial charge in [-0.05, 0) is 18.8 Å². The summed E-state index contributed by atoms with van der Waals surface area (Å²) in [7, 11) is 0. The van der Waals surface area contributed by atoms with Crippen LogP contribution in [-0.2, 0) is 14.4 Å². The van der Waals surface area contributed by atoms with E-state index in [4.69, 9.17) is 5.11 Å². The van der Waals surface area contributed by atoms with Gasteiger partial charge in [-0.2, -0.15) is 0 Å². The third-order valence-corrected chi connectivity index (χ3v) is 5.93. The molecular weight excluding hydrogens is 302 g/mol. The standard InChI is InChI=1S/C16H27NO4S/c1-10(14(20)17-9-12(18)19)13(11-7-5-6-8-11)22-15(21)16(2,3)4/h10-11,13H,5-9H2,1-4H3,(H,17,20)(H,18,19). The molecule has 1 aliphatic carbocycles. The van der Waals surface area contributed by atoms with Gasteiger partial charge < -0.3 is 10.4 Å². The molecule has 1 aliphatic rings. The van der Waals surface area contributed by atoms with Crippen molar-refractivity contribution in [2.45, 2.75) is 58.6 Å². The predicted octanol–water partition coefficient (Wildman–Crippen LogP) is 2.69. The van der Waals surface area contributed by atoms with Crippen LogP contribution in [0.3, 0.4) is 0 Å². The van der Waals surface area contributed by atoms with Crippen molar-refractivity contribution in [3.63, 3.8) is 0 Å². The summed E-state index contributed by atoms with van der Waals surface area (Å²) >= 11 is 1.27. The van der Waals surface area contributed by atoms with Gasteiger partial charge in [0.05, 0.1) is 0 Å². The molecule has 5 nitrogen and oxygen atoms in total. The first-order valence-electron chi connectivity index (χ1n) is 7.83. The Morgan fingerprint density at radius 3 is 2.23 bits per heavy atom. The van der Waals surface area contributed by atoms with Crippen molar-refractivity contribution in [2.75, 3.05) is 6.54 Å². The molecule has 22 heavy (non-hydrogen) atoms. The fourth-order valence-corrected chi connectivity index (χ4v) is 4.06. The molecule has 0 aromatic rings. The summed E-state index contributed by atoms with van der Waals surface area (Å²) in [5.74, 6) is -1.37. The molecule has 0 radical (unpaired) electrons. The number of hydrogen-bond acceptors (Lipinski definition) is 4. The monoisotopic (exact) mass is 329 g/mol. The minimum atomic E-state index is -1.06. The Balaban J connectivity index is 2.78. The number of thioether (sulfide) groups is 1. The molecule has 1 rings (SSSR count). The SMILES string of the molecule is CC(C(=O)NCC(=O)O)C(SC(=O)C(C)(C)C)C1CCCC1. The van der Waals surface area contributed by atoms with Crippen molar-refractivity contribution in [2.24, 2.45) is 17.3 Å². The zero-order chi connectivity index (χ0) is 16.9. The molecule has 2 unspecified atom stereocenters. The average molecular weight is 329 g/mol.